The van der Waals surface area contributed by atoms with Crippen LogP contribution >= 0.6 is 0 Å². The normalized spacial score (nSPS) is 16.3. The first kappa shape index (κ1) is 21.3. The molecule has 1 saturated heterocycles. The third-order valence-electron chi connectivity index (χ3n) is 4.59. The lowest BCUT2D eigenvalue weighted by Gasteiger charge is -2.14. The van der Waals surface area contributed by atoms with Crippen LogP contribution in [0.25, 0.3) is 17.1 Å². The van der Waals surface area contributed by atoms with Gasteiger partial charge in [-0.05, 0) is 24.3 Å². The first-order valence-corrected chi connectivity index (χ1v) is 9.23. The molecule has 2 aromatic heterocycles. The molecule has 0 spiro atoms. The second-order valence-corrected chi connectivity index (χ2v) is 6.92. The minimum Gasteiger partial charge on any atom is -0.442 e. The van der Waals surface area contributed by atoms with Crippen molar-refractivity contribution in [2.75, 3.05) is 18.0 Å². The molecule has 0 bridgehead atoms. The van der Waals surface area contributed by atoms with Crippen LogP contribution in [-0.4, -0.2) is 45.9 Å². The van der Waals surface area contributed by atoms with Crippen molar-refractivity contribution in [2.24, 2.45) is 0 Å². The number of alkyl halides is 3. The SMILES string of the molecule is CC(=O)NCC1CN(c2ccc(-n3ccc(-c4noc(C(F)(F)F)n4)c3)c(F)c2)C(=O)O1. The Balaban J connectivity index is 1.51. The predicted octanol–water partition coefficient (Wildman–Crippen LogP) is 3.15. The largest absolute Gasteiger partial charge is 0.471 e. The number of halogens is 4. The summed E-state index contributed by atoms with van der Waals surface area (Å²) in [4.78, 5) is 27.6. The van der Waals surface area contributed by atoms with E-state index in [4.69, 9.17) is 4.74 Å². The third kappa shape index (κ3) is 4.26. The third-order valence-corrected chi connectivity index (χ3v) is 4.59. The quantitative estimate of drug-likeness (QED) is 0.596. The fourth-order valence-electron chi connectivity index (χ4n) is 3.10. The van der Waals surface area contributed by atoms with E-state index in [2.05, 4.69) is 20.0 Å². The summed E-state index contributed by atoms with van der Waals surface area (Å²) in [7, 11) is 0. The predicted molar refractivity (Wildman–Crippen MR) is 100 cm³/mol. The van der Waals surface area contributed by atoms with Crippen LogP contribution in [0.2, 0.25) is 0 Å². The van der Waals surface area contributed by atoms with E-state index >= 15 is 0 Å². The lowest BCUT2D eigenvalue weighted by atomic mass is 10.2. The van der Waals surface area contributed by atoms with Gasteiger partial charge in [-0.15, -0.1) is 0 Å². The minimum absolute atomic E-state index is 0.0851. The van der Waals surface area contributed by atoms with E-state index in [0.29, 0.717) is 0 Å². The van der Waals surface area contributed by atoms with E-state index in [1.807, 2.05) is 0 Å². The molecule has 4 rings (SSSR count). The summed E-state index contributed by atoms with van der Waals surface area (Å²) in [6.45, 7) is 1.60. The van der Waals surface area contributed by atoms with Crippen molar-refractivity contribution >= 4 is 17.7 Å². The monoisotopic (exact) mass is 453 g/mol. The number of carbonyl (C=O) groups excluding carboxylic acids is 2. The molecule has 1 atom stereocenters. The van der Waals surface area contributed by atoms with E-state index in [9.17, 15) is 27.2 Å². The van der Waals surface area contributed by atoms with Crippen LogP contribution in [0.1, 0.15) is 12.8 Å². The molecule has 1 fully saturated rings. The van der Waals surface area contributed by atoms with E-state index in [0.717, 1.165) is 6.07 Å². The summed E-state index contributed by atoms with van der Waals surface area (Å²) in [5.41, 5.74) is 0.528. The molecule has 3 heterocycles. The summed E-state index contributed by atoms with van der Waals surface area (Å²) in [6.07, 6.45) is -3.25. The topological polar surface area (TPSA) is 102 Å². The number of anilines is 1. The van der Waals surface area contributed by atoms with Crippen molar-refractivity contribution in [1.82, 2.24) is 20.0 Å². The molecular formula is C19H15F4N5O4. The molecule has 3 aromatic rings. The molecule has 9 nitrogen and oxygen atoms in total. The van der Waals surface area contributed by atoms with Crippen molar-refractivity contribution < 1.29 is 36.4 Å². The van der Waals surface area contributed by atoms with Crippen LogP contribution in [0.4, 0.5) is 28.0 Å². The van der Waals surface area contributed by atoms with Crippen molar-refractivity contribution in [3.8, 4) is 17.1 Å². The maximum atomic E-state index is 14.8. The Morgan fingerprint density at radius 2 is 2.09 bits per heavy atom. The molecule has 0 saturated carbocycles. The molecular weight excluding hydrogens is 438 g/mol. The van der Waals surface area contributed by atoms with Crippen LogP contribution in [-0.2, 0) is 15.7 Å². The molecule has 1 aliphatic heterocycles. The molecule has 1 N–H and O–H groups in total. The van der Waals surface area contributed by atoms with E-state index < -0.39 is 30.1 Å². The van der Waals surface area contributed by atoms with Gasteiger partial charge >= 0.3 is 18.2 Å². The van der Waals surface area contributed by atoms with Crippen molar-refractivity contribution in [2.45, 2.75) is 19.2 Å². The lowest BCUT2D eigenvalue weighted by molar-refractivity contribution is -0.159. The van der Waals surface area contributed by atoms with Gasteiger partial charge in [0, 0.05) is 24.9 Å². The van der Waals surface area contributed by atoms with Gasteiger partial charge in [0.2, 0.25) is 11.7 Å². The summed E-state index contributed by atoms with van der Waals surface area (Å²) < 4.78 is 63.4. The van der Waals surface area contributed by atoms with Crippen LogP contribution in [0.5, 0.6) is 0 Å². The van der Waals surface area contributed by atoms with Crippen molar-refractivity contribution in [1.29, 1.82) is 0 Å². The van der Waals surface area contributed by atoms with Crippen molar-refractivity contribution in [3.05, 3.63) is 48.4 Å². The van der Waals surface area contributed by atoms with Gasteiger partial charge in [0.15, 0.2) is 0 Å². The molecule has 1 aromatic carbocycles. The van der Waals surface area contributed by atoms with Gasteiger partial charge in [0.25, 0.3) is 0 Å². The highest BCUT2D eigenvalue weighted by atomic mass is 19.4. The molecule has 0 aliphatic carbocycles. The van der Waals surface area contributed by atoms with Crippen LogP contribution < -0.4 is 10.2 Å². The Hall–Kier alpha value is -3.90. The molecule has 13 heteroatoms. The van der Waals surface area contributed by atoms with Gasteiger partial charge < -0.3 is 19.1 Å². The Bertz CT molecular complexity index is 1170. The fourth-order valence-corrected chi connectivity index (χ4v) is 3.10. The van der Waals surface area contributed by atoms with E-state index in [1.165, 1.54) is 47.0 Å². The van der Waals surface area contributed by atoms with Crippen LogP contribution in [0, 0.1) is 5.82 Å². The van der Waals surface area contributed by atoms with Gasteiger partial charge in [-0.2, -0.15) is 18.2 Å². The fraction of sp³-hybridized carbons (Fsp3) is 0.263. The number of benzene rings is 1. The Labute approximate surface area is 177 Å². The van der Waals surface area contributed by atoms with Crippen molar-refractivity contribution in [3.63, 3.8) is 0 Å². The second kappa shape index (κ2) is 7.98. The van der Waals surface area contributed by atoms with Gasteiger partial charge in [-0.25, -0.2) is 9.18 Å². The van der Waals surface area contributed by atoms with Crippen LogP contribution in [0.3, 0.4) is 0 Å². The average molecular weight is 453 g/mol. The summed E-state index contributed by atoms with van der Waals surface area (Å²) >= 11 is 0. The maximum absolute atomic E-state index is 14.8. The number of amides is 2. The Morgan fingerprint density at radius 3 is 2.75 bits per heavy atom. The highest BCUT2D eigenvalue weighted by molar-refractivity contribution is 5.90. The smallest absolute Gasteiger partial charge is 0.442 e. The number of nitrogens with zero attached hydrogens (tertiary/aromatic N) is 4. The van der Waals surface area contributed by atoms with Crippen LogP contribution in [0.15, 0.2) is 41.2 Å². The number of cyclic esters (lactones) is 1. The first-order chi connectivity index (χ1) is 15.1. The number of ether oxygens (including phenoxy) is 1. The highest BCUT2D eigenvalue weighted by Crippen LogP contribution is 2.30. The zero-order valence-electron chi connectivity index (χ0n) is 16.4. The molecule has 2 amide bonds. The van der Waals surface area contributed by atoms with Gasteiger partial charge in [0.05, 0.1) is 24.5 Å². The lowest BCUT2D eigenvalue weighted by Crippen LogP contribution is -2.33. The molecule has 168 valence electrons. The standard InChI is InChI=1S/C19H15F4N5O4/c1-10(29)24-7-13-9-28(18(30)31-13)12-2-3-15(14(20)6-12)27-5-4-11(8-27)16-25-17(32-26-16)19(21,22)23/h2-6,8,13H,7,9H2,1H3,(H,24,29). The number of nitrogens with one attached hydrogen (secondary N) is 1. The first-order valence-electron chi connectivity index (χ1n) is 9.23. The molecule has 1 aliphatic rings. The Morgan fingerprint density at radius 1 is 1.31 bits per heavy atom. The van der Waals surface area contributed by atoms with Gasteiger partial charge in [-0.3, -0.25) is 9.69 Å². The summed E-state index contributed by atoms with van der Waals surface area (Å²) in [5.74, 6) is -2.73. The number of rotatable bonds is 5. The number of hydrogen-bond donors (Lipinski definition) is 1. The van der Waals surface area contributed by atoms with Gasteiger partial charge in [0.1, 0.15) is 11.9 Å². The second-order valence-electron chi connectivity index (χ2n) is 6.92. The molecule has 1 unspecified atom stereocenters. The molecule has 32 heavy (non-hydrogen) atoms. The Kier molecular flexibility index (Phi) is 5.32. The van der Waals surface area contributed by atoms with E-state index in [-0.39, 0.29) is 41.8 Å². The molecule has 0 radical (unpaired) electrons. The number of aromatic nitrogens is 3. The average Bonchev–Trinajstić information content (AvgIpc) is 3.45. The summed E-state index contributed by atoms with van der Waals surface area (Å²) in [5, 5.41) is 5.84. The minimum atomic E-state index is -4.77. The zero-order chi connectivity index (χ0) is 23.0. The van der Waals surface area contributed by atoms with E-state index in [1.54, 1.807) is 0 Å². The number of carbonyl (C=O) groups is 2. The summed E-state index contributed by atoms with van der Waals surface area (Å²) in [6, 6.07) is 5.44. The van der Waals surface area contributed by atoms with Gasteiger partial charge in [-0.1, -0.05) is 5.16 Å². The maximum Gasteiger partial charge on any atom is 0.471 e. The number of hydrogen-bond acceptors (Lipinski definition) is 6. The highest BCUT2D eigenvalue weighted by Gasteiger charge is 2.38. The zero-order valence-corrected chi connectivity index (χ0v) is 16.4.